The molecule has 0 aliphatic rings. The monoisotopic (exact) mass is 173 g/mol. The van der Waals surface area contributed by atoms with E-state index in [1.54, 1.807) is 18.6 Å². The molecular formula is C8H7N5. The summed E-state index contributed by atoms with van der Waals surface area (Å²) >= 11 is 0. The summed E-state index contributed by atoms with van der Waals surface area (Å²) in [7, 11) is 0. The van der Waals surface area contributed by atoms with Crippen molar-refractivity contribution in [2.75, 3.05) is 5.32 Å². The summed E-state index contributed by atoms with van der Waals surface area (Å²) in [6.07, 6.45) is 6.49. The van der Waals surface area contributed by atoms with Gasteiger partial charge in [-0.2, -0.15) is 5.10 Å². The number of nitrogens with zero attached hydrogens (tertiary/aromatic N) is 4. The lowest BCUT2D eigenvalue weighted by Crippen LogP contribution is -1.97. The van der Waals surface area contributed by atoms with E-state index >= 15 is 0 Å². The summed E-state index contributed by atoms with van der Waals surface area (Å²) in [5.74, 6) is 0.468. The minimum atomic E-state index is 0.468. The predicted octanol–water partition coefficient (Wildman–Crippen LogP) is 1.01. The first-order valence-electron chi connectivity index (χ1n) is 3.76. The van der Waals surface area contributed by atoms with Crippen LogP contribution in [0.1, 0.15) is 0 Å². The van der Waals surface area contributed by atoms with Gasteiger partial charge >= 0.3 is 0 Å². The number of hydrogen-bond donors (Lipinski definition) is 1. The van der Waals surface area contributed by atoms with Crippen LogP contribution in [0.3, 0.4) is 0 Å². The van der Waals surface area contributed by atoms with Crippen LogP contribution in [0.4, 0.5) is 11.6 Å². The van der Waals surface area contributed by atoms with Crippen molar-refractivity contribution in [3.63, 3.8) is 0 Å². The third kappa shape index (κ3) is 1.96. The number of anilines is 2. The van der Waals surface area contributed by atoms with Gasteiger partial charge in [0, 0.05) is 6.20 Å². The molecule has 2 rings (SSSR count). The average molecular weight is 173 g/mol. The molecule has 0 spiro atoms. The fourth-order valence-electron chi connectivity index (χ4n) is 0.871. The van der Waals surface area contributed by atoms with Crippen LogP contribution in [0, 0.1) is 0 Å². The first kappa shape index (κ1) is 7.60. The maximum atomic E-state index is 3.96. The molecule has 2 aromatic heterocycles. The number of nitrogens with one attached hydrogen (secondary N) is 1. The molecule has 64 valence electrons. The molecule has 0 saturated carbocycles. The number of hydrogen-bond acceptors (Lipinski definition) is 5. The SMILES string of the molecule is c1cncc(Nc2nccnn2)c1. The van der Waals surface area contributed by atoms with Crippen molar-refractivity contribution in [1.29, 1.82) is 0 Å². The molecule has 2 aromatic rings. The Labute approximate surface area is 74.9 Å². The van der Waals surface area contributed by atoms with E-state index in [9.17, 15) is 0 Å². The Morgan fingerprint density at radius 2 is 2.15 bits per heavy atom. The van der Waals surface area contributed by atoms with E-state index in [1.807, 2.05) is 12.1 Å². The van der Waals surface area contributed by atoms with Crippen molar-refractivity contribution in [3.8, 4) is 0 Å². The Morgan fingerprint density at radius 1 is 1.15 bits per heavy atom. The lowest BCUT2D eigenvalue weighted by Gasteiger charge is -2.00. The van der Waals surface area contributed by atoms with Gasteiger partial charge in [-0.15, -0.1) is 5.10 Å². The van der Waals surface area contributed by atoms with E-state index < -0.39 is 0 Å². The van der Waals surface area contributed by atoms with Crippen LogP contribution in [0.5, 0.6) is 0 Å². The second-order valence-electron chi connectivity index (χ2n) is 2.33. The van der Waals surface area contributed by atoms with Crippen LogP contribution in [0.25, 0.3) is 0 Å². The molecule has 0 unspecified atom stereocenters. The second-order valence-corrected chi connectivity index (χ2v) is 2.33. The van der Waals surface area contributed by atoms with Crippen molar-refractivity contribution in [2.24, 2.45) is 0 Å². The van der Waals surface area contributed by atoms with Gasteiger partial charge in [-0.25, -0.2) is 4.98 Å². The predicted molar refractivity (Wildman–Crippen MR) is 47.3 cm³/mol. The quantitative estimate of drug-likeness (QED) is 0.734. The lowest BCUT2D eigenvalue weighted by atomic mass is 10.4. The largest absolute Gasteiger partial charge is 0.321 e. The summed E-state index contributed by atoms with van der Waals surface area (Å²) in [5.41, 5.74) is 0.843. The van der Waals surface area contributed by atoms with Crippen molar-refractivity contribution in [1.82, 2.24) is 20.2 Å². The topological polar surface area (TPSA) is 63.6 Å². The van der Waals surface area contributed by atoms with Gasteiger partial charge in [0.05, 0.1) is 24.3 Å². The van der Waals surface area contributed by atoms with Crippen LogP contribution < -0.4 is 5.32 Å². The standard InChI is InChI=1S/C8H7N5/c1-2-7(6-9-3-1)12-8-10-4-5-11-13-8/h1-6H,(H,10,12,13). The van der Waals surface area contributed by atoms with Gasteiger partial charge in [0.2, 0.25) is 5.95 Å². The number of pyridine rings is 1. The highest BCUT2D eigenvalue weighted by Crippen LogP contribution is 2.07. The molecule has 13 heavy (non-hydrogen) atoms. The maximum Gasteiger partial charge on any atom is 0.247 e. The van der Waals surface area contributed by atoms with Gasteiger partial charge in [0.15, 0.2) is 0 Å². The Balaban J connectivity index is 2.16. The van der Waals surface area contributed by atoms with Gasteiger partial charge < -0.3 is 5.32 Å². The normalized spacial score (nSPS) is 9.54. The van der Waals surface area contributed by atoms with Gasteiger partial charge in [0.1, 0.15) is 0 Å². The Kier molecular flexibility index (Phi) is 2.09. The molecule has 0 aliphatic heterocycles. The molecule has 0 saturated heterocycles. The Hall–Kier alpha value is -2.04. The van der Waals surface area contributed by atoms with Crippen LogP contribution in [-0.2, 0) is 0 Å². The molecule has 0 radical (unpaired) electrons. The van der Waals surface area contributed by atoms with Crippen molar-refractivity contribution in [3.05, 3.63) is 36.9 Å². The maximum absolute atomic E-state index is 3.96. The molecule has 5 nitrogen and oxygen atoms in total. The van der Waals surface area contributed by atoms with E-state index in [2.05, 4.69) is 25.5 Å². The fraction of sp³-hybridized carbons (Fsp3) is 0. The van der Waals surface area contributed by atoms with Crippen molar-refractivity contribution in [2.45, 2.75) is 0 Å². The fourth-order valence-corrected chi connectivity index (χ4v) is 0.871. The van der Waals surface area contributed by atoms with Crippen molar-refractivity contribution >= 4 is 11.6 Å². The molecule has 0 amide bonds. The molecule has 2 heterocycles. The molecule has 0 fully saturated rings. The molecule has 1 N–H and O–H groups in total. The molecule has 0 aliphatic carbocycles. The Bertz CT molecular complexity index is 323. The second kappa shape index (κ2) is 3.57. The highest BCUT2D eigenvalue weighted by molar-refractivity contribution is 5.50. The van der Waals surface area contributed by atoms with Gasteiger partial charge in [-0.3, -0.25) is 4.98 Å². The molecular weight excluding hydrogens is 166 g/mol. The van der Waals surface area contributed by atoms with E-state index in [0.29, 0.717) is 5.95 Å². The van der Waals surface area contributed by atoms with Crippen LogP contribution in [-0.4, -0.2) is 20.2 Å². The van der Waals surface area contributed by atoms with Crippen molar-refractivity contribution < 1.29 is 0 Å². The summed E-state index contributed by atoms with van der Waals surface area (Å²) < 4.78 is 0. The minimum absolute atomic E-state index is 0.468. The Morgan fingerprint density at radius 3 is 2.85 bits per heavy atom. The highest BCUT2D eigenvalue weighted by Gasteiger charge is 1.94. The van der Waals surface area contributed by atoms with Crippen LogP contribution >= 0.6 is 0 Å². The van der Waals surface area contributed by atoms with Crippen LogP contribution in [0.2, 0.25) is 0 Å². The number of aromatic nitrogens is 4. The van der Waals surface area contributed by atoms with Gasteiger partial charge in [-0.1, -0.05) is 0 Å². The molecule has 0 atom stereocenters. The van der Waals surface area contributed by atoms with E-state index in [-0.39, 0.29) is 0 Å². The third-order valence-electron chi connectivity index (χ3n) is 1.40. The van der Waals surface area contributed by atoms with E-state index in [1.165, 1.54) is 6.20 Å². The smallest absolute Gasteiger partial charge is 0.247 e. The number of rotatable bonds is 2. The molecule has 0 bridgehead atoms. The van der Waals surface area contributed by atoms with Gasteiger partial charge in [0.25, 0.3) is 0 Å². The first-order valence-corrected chi connectivity index (χ1v) is 3.76. The van der Waals surface area contributed by atoms with E-state index in [4.69, 9.17) is 0 Å². The summed E-state index contributed by atoms with van der Waals surface area (Å²) in [6, 6.07) is 3.71. The van der Waals surface area contributed by atoms with Crippen LogP contribution in [0.15, 0.2) is 36.9 Å². The summed E-state index contributed by atoms with van der Waals surface area (Å²) in [4.78, 5) is 7.90. The zero-order valence-corrected chi connectivity index (χ0v) is 6.75. The molecule has 5 heteroatoms. The minimum Gasteiger partial charge on any atom is -0.321 e. The van der Waals surface area contributed by atoms with E-state index in [0.717, 1.165) is 5.69 Å². The summed E-state index contributed by atoms with van der Waals surface area (Å²) in [5, 5.41) is 10.4. The average Bonchev–Trinajstić information content (AvgIpc) is 2.21. The summed E-state index contributed by atoms with van der Waals surface area (Å²) in [6.45, 7) is 0. The zero-order chi connectivity index (χ0) is 8.93. The molecule has 0 aromatic carbocycles. The lowest BCUT2D eigenvalue weighted by molar-refractivity contribution is 0.978. The van der Waals surface area contributed by atoms with Gasteiger partial charge in [-0.05, 0) is 12.1 Å². The highest BCUT2D eigenvalue weighted by atomic mass is 15.2. The first-order chi connectivity index (χ1) is 6.45. The third-order valence-corrected chi connectivity index (χ3v) is 1.40. The zero-order valence-electron chi connectivity index (χ0n) is 6.75.